The van der Waals surface area contributed by atoms with Crippen LogP contribution in [-0.4, -0.2) is 77.9 Å². The highest BCUT2D eigenvalue weighted by atomic mass is 32.2. The van der Waals surface area contributed by atoms with Crippen LogP contribution in [0, 0.1) is 11.3 Å². The first-order valence-electron chi connectivity index (χ1n) is 13.1. The van der Waals surface area contributed by atoms with Crippen molar-refractivity contribution in [1.82, 2.24) is 25.1 Å². The minimum Gasteiger partial charge on any atom is -0.352 e. The van der Waals surface area contributed by atoms with E-state index >= 15 is 0 Å². The second-order valence-electron chi connectivity index (χ2n) is 10.6. The number of hydrogen-bond acceptors (Lipinski definition) is 9. The number of hydrogen-bond donors (Lipinski definition) is 0. The van der Waals surface area contributed by atoms with E-state index in [1.165, 1.54) is 12.4 Å². The monoisotopic (exact) mass is 560 g/mol. The predicted octanol–water partition coefficient (Wildman–Crippen LogP) is 3.48. The lowest BCUT2D eigenvalue weighted by Crippen LogP contribution is -2.63. The van der Waals surface area contributed by atoms with Crippen LogP contribution in [0.3, 0.4) is 0 Å². The molecule has 13 heteroatoms. The summed E-state index contributed by atoms with van der Waals surface area (Å²) in [5, 5.41) is 17.0. The fourth-order valence-electron chi connectivity index (χ4n) is 5.38. The Morgan fingerprint density at radius 1 is 1.18 bits per heavy atom. The first-order chi connectivity index (χ1) is 18.5. The third kappa shape index (κ3) is 4.83. The largest absolute Gasteiger partial charge is 0.352 e. The van der Waals surface area contributed by atoms with Gasteiger partial charge in [-0.15, -0.1) is 10.2 Å². The molecule has 0 saturated carbocycles. The van der Waals surface area contributed by atoms with E-state index in [1.54, 1.807) is 17.9 Å². The molecule has 0 radical (unpaired) electrons. The Morgan fingerprint density at radius 3 is 2.44 bits per heavy atom. The van der Waals surface area contributed by atoms with Crippen molar-refractivity contribution in [3.8, 4) is 6.07 Å². The average molecular weight is 561 g/mol. The number of rotatable bonds is 4. The zero-order valence-electron chi connectivity index (χ0n) is 23.1. The van der Waals surface area contributed by atoms with Crippen molar-refractivity contribution in [3.63, 3.8) is 0 Å². The number of aromatic nitrogens is 4. The highest BCUT2D eigenvalue weighted by molar-refractivity contribution is 7.88. The molecule has 3 unspecified atom stereocenters. The number of amides is 1. The third-order valence-electron chi connectivity index (χ3n) is 7.61. The van der Waals surface area contributed by atoms with Gasteiger partial charge in [-0.1, -0.05) is 27.7 Å². The minimum atomic E-state index is -2.90. The molecule has 0 aliphatic carbocycles. The summed E-state index contributed by atoms with van der Waals surface area (Å²) in [4.78, 5) is 28.0. The summed E-state index contributed by atoms with van der Waals surface area (Å²) >= 11 is 0. The van der Waals surface area contributed by atoms with Crippen LogP contribution < -0.4 is 9.80 Å². The van der Waals surface area contributed by atoms with E-state index in [0.717, 1.165) is 11.4 Å². The summed E-state index contributed by atoms with van der Waals surface area (Å²) in [5.74, 6) is 2.11. The van der Waals surface area contributed by atoms with E-state index in [0.29, 0.717) is 44.2 Å². The normalized spacial score (nSPS) is 25.4. The van der Waals surface area contributed by atoms with Crippen LogP contribution in [0.5, 0.6) is 0 Å². The molecule has 0 bridgehead atoms. The van der Waals surface area contributed by atoms with Crippen molar-refractivity contribution in [2.24, 2.45) is 0 Å². The van der Waals surface area contributed by atoms with Gasteiger partial charge in [0.1, 0.15) is 34.5 Å². The zero-order chi connectivity index (χ0) is 28.7. The van der Waals surface area contributed by atoms with Crippen LogP contribution in [0.4, 0.5) is 26.2 Å². The maximum atomic E-state index is 13.2. The molecule has 39 heavy (non-hydrogen) atoms. The lowest BCUT2D eigenvalue weighted by molar-refractivity contribution is -0.136. The summed E-state index contributed by atoms with van der Waals surface area (Å²) in [6, 6.07) is 3.00. The van der Waals surface area contributed by atoms with Gasteiger partial charge in [-0.25, -0.2) is 18.7 Å². The molecule has 2 saturated heterocycles. The van der Waals surface area contributed by atoms with Crippen molar-refractivity contribution in [3.05, 3.63) is 29.2 Å². The molecular weight excluding hydrogens is 526 g/mol. The number of carbonyl (C=O) groups is 1. The maximum Gasteiger partial charge on any atom is 0.283 e. The van der Waals surface area contributed by atoms with Crippen LogP contribution >= 0.6 is 0 Å². The van der Waals surface area contributed by atoms with E-state index in [-0.39, 0.29) is 23.3 Å². The van der Waals surface area contributed by atoms with Crippen LogP contribution in [0.15, 0.2) is 12.4 Å². The number of nitriles is 1. The average Bonchev–Trinajstić information content (AvgIpc) is 3.22. The molecule has 5 rings (SSSR count). The molecular formula is C26H34F2N8O2S. The van der Waals surface area contributed by atoms with Gasteiger partial charge in [-0.05, 0) is 20.3 Å². The molecule has 0 spiro atoms. The molecule has 0 aromatic carbocycles. The Morgan fingerprint density at radius 2 is 1.87 bits per heavy atom. The molecule has 5 heterocycles. The Hall–Kier alpha value is -3.27. The molecule has 2 aromatic rings. The number of fused-ring (bicyclic) bond motifs is 1. The SMILES string of the molecule is CC.CC1CN(c2ncnc3c2C(C)(C)CN3c2cc(C#N)c(C(F)F)nn2)CCN1C(=O)C1(C)CCS1=O. The van der Waals surface area contributed by atoms with E-state index < -0.39 is 33.1 Å². The Bertz CT molecular complexity index is 1330. The molecule has 10 nitrogen and oxygen atoms in total. The summed E-state index contributed by atoms with van der Waals surface area (Å²) in [5.41, 5.74) is -0.410. The van der Waals surface area contributed by atoms with Crippen LogP contribution in [0.1, 0.15) is 71.2 Å². The Labute approximate surface area is 229 Å². The van der Waals surface area contributed by atoms with Gasteiger partial charge in [0.05, 0.1) is 5.56 Å². The van der Waals surface area contributed by atoms with E-state index in [9.17, 15) is 23.0 Å². The second-order valence-corrected chi connectivity index (χ2v) is 12.6. The third-order valence-corrected chi connectivity index (χ3v) is 9.57. The standard InChI is InChI=1S/C24H28F2N8O2S.C2H6/c1-14-11-32(6-7-33(14)22(35)24(4)5-8-37(24)36)20-17-21(29-13-28-20)34(12-23(17,2)3)16-9-15(10-27)18(19(25)26)31-30-16;1-2/h9,13-14,19H,5-8,11-12H2,1-4H3;1-2H3. The van der Waals surface area contributed by atoms with Gasteiger partial charge in [-0.3, -0.25) is 9.00 Å². The Kier molecular flexibility index (Phi) is 7.89. The van der Waals surface area contributed by atoms with Gasteiger partial charge in [0, 0.05) is 65.8 Å². The topological polar surface area (TPSA) is 119 Å². The lowest BCUT2D eigenvalue weighted by Gasteiger charge is -2.46. The smallest absolute Gasteiger partial charge is 0.283 e. The van der Waals surface area contributed by atoms with Gasteiger partial charge < -0.3 is 14.7 Å². The quantitative estimate of drug-likeness (QED) is 0.554. The van der Waals surface area contributed by atoms with E-state index in [1.807, 2.05) is 39.5 Å². The first-order valence-corrected chi connectivity index (χ1v) is 14.4. The summed E-state index contributed by atoms with van der Waals surface area (Å²) in [6.45, 7) is 13.9. The Balaban J connectivity index is 0.00000172. The van der Waals surface area contributed by atoms with Crippen molar-refractivity contribution in [1.29, 1.82) is 5.26 Å². The molecule has 3 aliphatic rings. The van der Waals surface area contributed by atoms with Gasteiger partial charge in [0.25, 0.3) is 6.43 Å². The van der Waals surface area contributed by atoms with Crippen molar-refractivity contribution >= 4 is 34.2 Å². The van der Waals surface area contributed by atoms with E-state index in [2.05, 4.69) is 25.1 Å². The fourth-order valence-corrected chi connectivity index (χ4v) is 6.68. The van der Waals surface area contributed by atoms with Crippen LogP contribution in [0.2, 0.25) is 0 Å². The number of carbonyl (C=O) groups excluding carboxylic acids is 1. The second kappa shape index (κ2) is 10.7. The number of halogens is 2. The highest BCUT2D eigenvalue weighted by Gasteiger charge is 2.50. The number of nitrogens with zero attached hydrogens (tertiary/aromatic N) is 8. The van der Waals surface area contributed by atoms with E-state index in [4.69, 9.17) is 0 Å². The minimum absolute atomic E-state index is 0.0530. The molecule has 210 valence electrons. The molecule has 2 fully saturated rings. The molecule has 2 aromatic heterocycles. The summed E-state index contributed by atoms with van der Waals surface area (Å²) < 4.78 is 37.9. The highest BCUT2D eigenvalue weighted by Crippen LogP contribution is 2.46. The molecule has 3 aliphatic heterocycles. The summed E-state index contributed by atoms with van der Waals surface area (Å²) in [7, 11) is -1.13. The fraction of sp³-hybridized carbons (Fsp3) is 0.615. The number of alkyl halides is 2. The van der Waals surface area contributed by atoms with Gasteiger partial charge in [-0.2, -0.15) is 5.26 Å². The van der Waals surface area contributed by atoms with Crippen molar-refractivity contribution in [2.45, 2.75) is 70.6 Å². The van der Waals surface area contributed by atoms with Crippen molar-refractivity contribution < 1.29 is 17.8 Å². The van der Waals surface area contributed by atoms with Crippen molar-refractivity contribution in [2.75, 3.05) is 41.7 Å². The molecule has 1 amide bonds. The van der Waals surface area contributed by atoms with Gasteiger partial charge in [0.15, 0.2) is 5.82 Å². The van der Waals surface area contributed by atoms with Crippen LogP contribution in [0.25, 0.3) is 0 Å². The van der Waals surface area contributed by atoms with Crippen LogP contribution in [-0.2, 0) is 21.0 Å². The zero-order valence-corrected chi connectivity index (χ0v) is 23.9. The number of anilines is 3. The van der Waals surface area contributed by atoms with Gasteiger partial charge in [0.2, 0.25) is 5.91 Å². The molecule has 3 atom stereocenters. The van der Waals surface area contributed by atoms with Gasteiger partial charge >= 0.3 is 0 Å². The lowest BCUT2D eigenvalue weighted by atomic mass is 9.87. The molecule has 0 N–H and O–H groups in total. The predicted molar refractivity (Wildman–Crippen MR) is 145 cm³/mol. The first kappa shape index (κ1) is 28.7. The summed E-state index contributed by atoms with van der Waals surface area (Å²) in [6.07, 6.45) is -0.800. The maximum absolute atomic E-state index is 13.2. The number of piperazine rings is 1.